The number of hydrogen-bond acceptors (Lipinski definition) is 7. The van der Waals surface area contributed by atoms with Crippen LogP contribution in [0.4, 0.5) is 0 Å². The molecule has 0 rings (SSSR count). The predicted molar refractivity (Wildman–Crippen MR) is 238 cm³/mol. The summed E-state index contributed by atoms with van der Waals surface area (Å²) < 4.78 is 39.8. The summed E-state index contributed by atoms with van der Waals surface area (Å²) in [7, 11) is -1.22. The molecule has 0 heterocycles. The highest BCUT2D eigenvalue weighted by molar-refractivity contribution is 6.65. The normalized spacial score (nSPS) is 12.0. The van der Waals surface area contributed by atoms with E-state index in [1.165, 1.54) is 180 Å². The first-order chi connectivity index (χ1) is 26.4. The SMILES string of the molecule is CCCCCCCCCCCCCCCCCCOC[Si](C)(OC)OC.CCCCCCCCCCCCCCCCOC[Si](OCC)(OCC)OCC. The van der Waals surface area contributed by atoms with Crippen LogP contribution >= 0.6 is 0 Å². The first-order valence-corrected chi connectivity index (χ1v) is 28.1. The van der Waals surface area contributed by atoms with E-state index in [0.29, 0.717) is 32.3 Å². The maximum absolute atomic E-state index is 5.85. The van der Waals surface area contributed by atoms with E-state index in [-0.39, 0.29) is 0 Å². The van der Waals surface area contributed by atoms with Crippen molar-refractivity contribution in [2.75, 3.05) is 59.7 Å². The molecule has 7 nitrogen and oxygen atoms in total. The minimum Gasteiger partial charge on any atom is -0.396 e. The van der Waals surface area contributed by atoms with Gasteiger partial charge in [-0.05, 0) is 40.2 Å². The van der Waals surface area contributed by atoms with Crippen molar-refractivity contribution < 1.29 is 31.6 Å². The Balaban J connectivity index is 0. The van der Waals surface area contributed by atoms with Crippen LogP contribution in [0.2, 0.25) is 6.55 Å². The molecule has 328 valence electrons. The summed E-state index contributed by atoms with van der Waals surface area (Å²) in [6, 6.07) is 0. The van der Waals surface area contributed by atoms with Gasteiger partial charge in [-0.1, -0.05) is 194 Å². The highest BCUT2D eigenvalue weighted by Crippen LogP contribution is 2.16. The molecule has 0 saturated carbocycles. The van der Waals surface area contributed by atoms with Crippen molar-refractivity contribution in [3.63, 3.8) is 0 Å². The molecule has 9 heteroatoms. The van der Waals surface area contributed by atoms with E-state index in [1.807, 2.05) is 27.3 Å². The Kier molecular flexibility index (Phi) is 47.8. The first kappa shape index (κ1) is 56.3. The van der Waals surface area contributed by atoms with Crippen LogP contribution in [0.5, 0.6) is 0 Å². The number of rotatable bonds is 44. The lowest BCUT2D eigenvalue weighted by molar-refractivity contribution is 0.0294. The van der Waals surface area contributed by atoms with E-state index in [1.54, 1.807) is 14.2 Å². The van der Waals surface area contributed by atoms with Gasteiger partial charge in [-0.15, -0.1) is 0 Å². The monoisotopic (exact) mass is 807 g/mol. The molecule has 54 heavy (non-hydrogen) atoms. The van der Waals surface area contributed by atoms with Gasteiger partial charge in [-0.2, -0.15) is 0 Å². The van der Waals surface area contributed by atoms with Gasteiger partial charge in [-0.3, -0.25) is 0 Å². The molecule has 0 aromatic rings. The van der Waals surface area contributed by atoms with Crippen molar-refractivity contribution in [1.29, 1.82) is 0 Å². The van der Waals surface area contributed by atoms with Crippen molar-refractivity contribution >= 4 is 17.4 Å². The molecular formula is C45H98O7Si2. The zero-order chi connectivity index (χ0) is 40.1. The number of ether oxygens (including phenoxy) is 2. The average Bonchev–Trinajstić information content (AvgIpc) is 3.17. The largest absolute Gasteiger partial charge is 0.528 e. The summed E-state index contributed by atoms with van der Waals surface area (Å²) in [5.41, 5.74) is 0. The molecular weight excluding hydrogens is 709 g/mol. The summed E-state index contributed by atoms with van der Waals surface area (Å²) >= 11 is 0. The summed E-state index contributed by atoms with van der Waals surface area (Å²) in [6.45, 7) is 16.0. The van der Waals surface area contributed by atoms with Gasteiger partial charge < -0.3 is 31.6 Å². The molecule has 0 N–H and O–H groups in total. The Morgan fingerprint density at radius 3 is 0.796 bits per heavy atom. The maximum atomic E-state index is 5.85. The van der Waals surface area contributed by atoms with Gasteiger partial charge in [0, 0.05) is 47.3 Å². The summed E-state index contributed by atoms with van der Waals surface area (Å²) in [5, 5.41) is 0. The molecule has 0 aliphatic carbocycles. The smallest absolute Gasteiger partial charge is 0.396 e. The lowest BCUT2D eigenvalue weighted by Crippen LogP contribution is -2.51. The first-order valence-electron chi connectivity index (χ1n) is 23.6. The zero-order valence-corrected chi connectivity index (χ0v) is 40.0. The van der Waals surface area contributed by atoms with Crippen molar-refractivity contribution in [3.05, 3.63) is 0 Å². The third kappa shape index (κ3) is 40.4. The lowest BCUT2D eigenvalue weighted by Gasteiger charge is -2.28. The molecule has 0 saturated heterocycles. The quantitative estimate of drug-likeness (QED) is 0.0449. The number of hydrogen-bond donors (Lipinski definition) is 0. The number of unbranched alkanes of at least 4 members (excludes halogenated alkanes) is 28. The van der Waals surface area contributed by atoms with Crippen LogP contribution in [0.1, 0.15) is 227 Å². The van der Waals surface area contributed by atoms with Gasteiger partial charge in [0.05, 0.1) is 6.23 Å². The Labute approximate surface area is 341 Å². The van der Waals surface area contributed by atoms with Gasteiger partial charge in [0.15, 0.2) is 0 Å². The van der Waals surface area contributed by atoms with Gasteiger partial charge >= 0.3 is 17.4 Å². The van der Waals surface area contributed by atoms with Crippen LogP contribution in [0.3, 0.4) is 0 Å². The van der Waals surface area contributed by atoms with Gasteiger partial charge in [0.1, 0.15) is 6.23 Å². The molecule has 0 aromatic carbocycles. The van der Waals surface area contributed by atoms with E-state index < -0.39 is 17.4 Å². The minimum atomic E-state index is -2.62. The Bertz CT molecular complexity index is 667. The summed E-state index contributed by atoms with van der Waals surface area (Å²) in [5.74, 6) is 0. The molecule has 0 spiro atoms. The third-order valence-electron chi connectivity index (χ3n) is 10.4. The highest BCUT2D eigenvalue weighted by Gasteiger charge is 2.41. The van der Waals surface area contributed by atoms with Crippen LogP contribution in [-0.2, 0) is 31.6 Å². The van der Waals surface area contributed by atoms with Crippen LogP contribution in [0.15, 0.2) is 0 Å². The fourth-order valence-corrected chi connectivity index (χ4v) is 9.85. The van der Waals surface area contributed by atoms with Crippen LogP contribution < -0.4 is 0 Å². The molecule has 0 bridgehead atoms. The zero-order valence-electron chi connectivity index (χ0n) is 38.0. The van der Waals surface area contributed by atoms with E-state index in [0.717, 1.165) is 26.1 Å². The van der Waals surface area contributed by atoms with Gasteiger partial charge in [0.25, 0.3) is 0 Å². The molecule has 0 atom stereocenters. The van der Waals surface area contributed by atoms with Crippen LogP contribution in [0, 0.1) is 0 Å². The molecule has 0 aromatic heterocycles. The molecule has 0 aliphatic heterocycles. The van der Waals surface area contributed by atoms with E-state index >= 15 is 0 Å². The van der Waals surface area contributed by atoms with Crippen LogP contribution in [-0.4, -0.2) is 77.1 Å². The van der Waals surface area contributed by atoms with Crippen molar-refractivity contribution in [2.45, 2.75) is 234 Å². The Morgan fingerprint density at radius 2 is 0.556 bits per heavy atom. The standard InChI is InChI=1S/C23H50O4Si.C22H48O3Si/c1-5-9-10-11-12-13-14-15-16-17-18-19-20-21-22-24-23-28(25-6-2,26-7-3)27-8-4;1-5-6-7-8-9-10-11-12-13-14-15-16-17-18-19-20-21-25-22-26(4,23-2)24-3/h5-23H2,1-4H3;5-22H2,1-4H3. The second-order valence-corrected chi connectivity index (χ2v) is 21.4. The Morgan fingerprint density at radius 1 is 0.315 bits per heavy atom. The van der Waals surface area contributed by atoms with Crippen molar-refractivity contribution in [3.8, 4) is 0 Å². The van der Waals surface area contributed by atoms with Crippen LogP contribution in [0.25, 0.3) is 0 Å². The van der Waals surface area contributed by atoms with E-state index in [4.69, 9.17) is 31.6 Å². The molecule has 0 aliphatic rings. The van der Waals surface area contributed by atoms with Crippen molar-refractivity contribution in [2.24, 2.45) is 0 Å². The van der Waals surface area contributed by atoms with Crippen molar-refractivity contribution in [1.82, 2.24) is 0 Å². The molecule has 0 radical (unpaired) electrons. The molecule has 0 amide bonds. The molecule has 0 fully saturated rings. The molecule has 0 unspecified atom stereocenters. The average molecular weight is 807 g/mol. The fraction of sp³-hybridized carbons (Fsp3) is 1.00. The Hall–Kier alpha value is 0.154. The summed E-state index contributed by atoms with van der Waals surface area (Å²) in [4.78, 5) is 0. The van der Waals surface area contributed by atoms with E-state index in [2.05, 4.69) is 13.8 Å². The van der Waals surface area contributed by atoms with E-state index in [9.17, 15) is 0 Å². The topological polar surface area (TPSA) is 64.6 Å². The lowest BCUT2D eigenvalue weighted by atomic mass is 10.0. The maximum Gasteiger partial charge on any atom is 0.528 e. The van der Waals surface area contributed by atoms with Gasteiger partial charge in [-0.25, -0.2) is 0 Å². The summed E-state index contributed by atoms with van der Waals surface area (Å²) in [6.07, 6.45) is 42.8. The second kappa shape index (κ2) is 45.9. The highest BCUT2D eigenvalue weighted by atomic mass is 28.4. The predicted octanol–water partition coefficient (Wildman–Crippen LogP) is 14.2. The second-order valence-electron chi connectivity index (χ2n) is 15.5. The van der Waals surface area contributed by atoms with Gasteiger partial charge in [0.2, 0.25) is 0 Å². The minimum absolute atomic E-state index is 0.473. The fourth-order valence-electron chi connectivity index (χ4n) is 6.72. The third-order valence-corrected chi connectivity index (χ3v) is 15.6.